The van der Waals surface area contributed by atoms with Gasteiger partial charge in [-0.15, -0.1) is 0 Å². The van der Waals surface area contributed by atoms with Gasteiger partial charge < -0.3 is 20.6 Å². The number of hydrogen-bond donors (Lipinski definition) is 2. The van der Waals surface area contributed by atoms with Crippen molar-refractivity contribution in [3.63, 3.8) is 0 Å². The van der Waals surface area contributed by atoms with E-state index in [1.807, 2.05) is 30.3 Å². The Morgan fingerprint density at radius 2 is 1.90 bits per heavy atom. The van der Waals surface area contributed by atoms with Crippen molar-refractivity contribution in [3.8, 4) is 0 Å². The van der Waals surface area contributed by atoms with Crippen molar-refractivity contribution in [2.75, 3.05) is 46.9 Å². The maximum Gasteiger partial charge on any atom is 0.0772 e. The fourth-order valence-electron chi connectivity index (χ4n) is 3.23. The van der Waals surface area contributed by atoms with E-state index < -0.39 is 5.54 Å². The van der Waals surface area contributed by atoms with Crippen molar-refractivity contribution in [1.82, 2.24) is 9.80 Å². The molecule has 0 radical (unpaired) electrons. The second-order valence-corrected chi connectivity index (χ2v) is 6.62. The molecule has 4 nitrogen and oxygen atoms in total. The highest BCUT2D eigenvalue weighted by Crippen LogP contribution is 2.21. The largest absolute Gasteiger partial charge is 0.394 e. The molecule has 0 bridgehead atoms. The molecule has 118 valence electrons. The summed E-state index contributed by atoms with van der Waals surface area (Å²) >= 11 is 0. The van der Waals surface area contributed by atoms with Gasteiger partial charge in [0.1, 0.15) is 0 Å². The van der Waals surface area contributed by atoms with Gasteiger partial charge >= 0.3 is 0 Å². The van der Waals surface area contributed by atoms with Crippen LogP contribution in [0.3, 0.4) is 0 Å². The summed E-state index contributed by atoms with van der Waals surface area (Å²) in [6.07, 6.45) is 2.51. The summed E-state index contributed by atoms with van der Waals surface area (Å²) in [5.41, 5.74) is 6.77. The van der Waals surface area contributed by atoms with Gasteiger partial charge in [-0.3, -0.25) is 0 Å². The van der Waals surface area contributed by atoms with E-state index in [4.69, 9.17) is 5.73 Å². The molecule has 0 aromatic heterocycles. The molecule has 1 heterocycles. The van der Waals surface area contributed by atoms with Crippen molar-refractivity contribution < 1.29 is 5.11 Å². The Labute approximate surface area is 128 Å². The molecule has 1 fully saturated rings. The number of hydrogen-bond acceptors (Lipinski definition) is 4. The fraction of sp³-hybridized carbons (Fsp3) is 0.647. The lowest BCUT2D eigenvalue weighted by Crippen LogP contribution is -2.50. The molecule has 0 aliphatic carbocycles. The number of aliphatic hydroxyl groups is 1. The summed E-state index contributed by atoms with van der Waals surface area (Å²) in [6, 6.07) is 9.93. The molecule has 1 aliphatic rings. The molecule has 0 spiro atoms. The van der Waals surface area contributed by atoms with Gasteiger partial charge in [-0.1, -0.05) is 30.3 Å². The Hall–Kier alpha value is -0.940. The first-order valence-electron chi connectivity index (χ1n) is 7.86. The summed E-state index contributed by atoms with van der Waals surface area (Å²) in [4.78, 5) is 4.67. The van der Waals surface area contributed by atoms with Gasteiger partial charge in [0.2, 0.25) is 0 Å². The van der Waals surface area contributed by atoms with Gasteiger partial charge in [-0.2, -0.15) is 0 Å². The minimum atomic E-state index is -0.679. The highest BCUT2D eigenvalue weighted by atomic mass is 16.3. The van der Waals surface area contributed by atoms with Crippen LogP contribution in [0.1, 0.15) is 18.4 Å². The monoisotopic (exact) mass is 291 g/mol. The summed E-state index contributed by atoms with van der Waals surface area (Å²) in [7, 11) is 4.30. The number of nitrogens with zero attached hydrogens (tertiary/aromatic N) is 2. The molecule has 1 aromatic rings. The lowest BCUT2D eigenvalue weighted by molar-refractivity contribution is 0.124. The number of likely N-dealkylation sites (tertiary alicyclic amines) is 1. The van der Waals surface area contributed by atoms with Gasteiger partial charge in [0.25, 0.3) is 0 Å². The standard InChI is InChI=1S/C17H29N3O/c1-19-10-8-15(9-11-19)12-20(2)13-17(18,14-21)16-6-4-3-5-7-16/h3-7,15,21H,8-14,18H2,1-2H3. The maximum absolute atomic E-state index is 9.77. The third-order valence-corrected chi connectivity index (χ3v) is 4.59. The van der Waals surface area contributed by atoms with Gasteiger partial charge in [-0.25, -0.2) is 0 Å². The number of aliphatic hydroxyl groups excluding tert-OH is 1. The number of piperidine rings is 1. The summed E-state index contributed by atoms with van der Waals surface area (Å²) in [6.45, 7) is 4.07. The molecule has 1 aromatic carbocycles. The minimum absolute atomic E-state index is 0.0330. The summed E-state index contributed by atoms with van der Waals surface area (Å²) in [5, 5.41) is 9.77. The molecule has 21 heavy (non-hydrogen) atoms. The molecule has 0 saturated carbocycles. The third-order valence-electron chi connectivity index (χ3n) is 4.59. The molecule has 1 atom stereocenters. The smallest absolute Gasteiger partial charge is 0.0772 e. The second-order valence-electron chi connectivity index (χ2n) is 6.62. The van der Waals surface area contributed by atoms with Gasteiger partial charge in [0.05, 0.1) is 12.1 Å². The highest BCUT2D eigenvalue weighted by Gasteiger charge is 2.29. The zero-order valence-corrected chi connectivity index (χ0v) is 13.3. The average Bonchev–Trinajstić information content (AvgIpc) is 2.50. The first-order chi connectivity index (χ1) is 10.0. The zero-order chi connectivity index (χ0) is 15.3. The molecular weight excluding hydrogens is 262 g/mol. The Morgan fingerprint density at radius 3 is 2.48 bits per heavy atom. The van der Waals surface area contributed by atoms with Crippen LogP contribution in [0.4, 0.5) is 0 Å². The average molecular weight is 291 g/mol. The molecular formula is C17H29N3O. The number of benzene rings is 1. The number of rotatable bonds is 6. The number of likely N-dealkylation sites (N-methyl/N-ethyl adjacent to an activating group) is 1. The van der Waals surface area contributed by atoms with Crippen LogP contribution in [-0.2, 0) is 5.54 Å². The lowest BCUT2D eigenvalue weighted by Gasteiger charge is -2.36. The topological polar surface area (TPSA) is 52.7 Å². The van der Waals surface area contributed by atoms with E-state index >= 15 is 0 Å². The van der Waals surface area contributed by atoms with E-state index in [1.54, 1.807) is 0 Å². The van der Waals surface area contributed by atoms with Crippen LogP contribution in [0.15, 0.2) is 30.3 Å². The SMILES string of the molecule is CN1CCC(CN(C)CC(N)(CO)c2ccccc2)CC1. The predicted molar refractivity (Wildman–Crippen MR) is 87.1 cm³/mol. The van der Waals surface area contributed by atoms with Crippen molar-refractivity contribution in [1.29, 1.82) is 0 Å². The quantitative estimate of drug-likeness (QED) is 0.824. The van der Waals surface area contributed by atoms with E-state index in [-0.39, 0.29) is 6.61 Å². The Morgan fingerprint density at radius 1 is 1.29 bits per heavy atom. The van der Waals surface area contributed by atoms with E-state index in [0.717, 1.165) is 18.0 Å². The molecule has 1 aliphatic heterocycles. The van der Waals surface area contributed by atoms with Crippen LogP contribution in [0.5, 0.6) is 0 Å². The van der Waals surface area contributed by atoms with E-state index in [1.165, 1.54) is 25.9 Å². The normalized spacial score (nSPS) is 20.6. The van der Waals surface area contributed by atoms with Crippen LogP contribution < -0.4 is 5.73 Å². The third kappa shape index (κ3) is 4.51. The minimum Gasteiger partial charge on any atom is -0.394 e. The lowest BCUT2D eigenvalue weighted by atomic mass is 9.90. The van der Waals surface area contributed by atoms with Crippen molar-refractivity contribution in [2.45, 2.75) is 18.4 Å². The Balaban J connectivity index is 1.92. The summed E-state index contributed by atoms with van der Waals surface area (Å²) in [5.74, 6) is 0.741. The number of nitrogens with two attached hydrogens (primary N) is 1. The molecule has 1 saturated heterocycles. The Bertz CT molecular complexity index is 417. The highest BCUT2D eigenvalue weighted by molar-refractivity contribution is 5.24. The molecule has 3 N–H and O–H groups in total. The van der Waals surface area contributed by atoms with Gasteiger partial charge in [0, 0.05) is 13.1 Å². The maximum atomic E-state index is 9.77. The molecule has 2 rings (SSSR count). The van der Waals surface area contributed by atoms with E-state index in [9.17, 15) is 5.11 Å². The van der Waals surface area contributed by atoms with Crippen molar-refractivity contribution in [3.05, 3.63) is 35.9 Å². The molecule has 0 amide bonds. The van der Waals surface area contributed by atoms with Crippen LogP contribution in [-0.4, -0.2) is 61.8 Å². The Kier molecular flexibility index (Phi) is 5.76. The van der Waals surface area contributed by atoms with Crippen molar-refractivity contribution in [2.24, 2.45) is 11.7 Å². The zero-order valence-electron chi connectivity index (χ0n) is 13.3. The van der Waals surface area contributed by atoms with E-state index in [0.29, 0.717) is 6.54 Å². The van der Waals surface area contributed by atoms with E-state index in [2.05, 4.69) is 23.9 Å². The van der Waals surface area contributed by atoms with Crippen LogP contribution >= 0.6 is 0 Å². The van der Waals surface area contributed by atoms with Crippen molar-refractivity contribution >= 4 is 0 Å². The molecule has 1 unspecified atom stereocenters. The van der Waals surface area contributed by atoms with Crippen LogP contribution in [0.25, 0.3) is 0 Å². The second kappa shape index (κ2) is 7.36. The first-order valence-corrected chi connectivity index (χ1v) is 7.86. The fourth-order valence-corrected chi connectivity index (χ4v) is 3.23. The van der Waals surface area contributed by atoms with Gasteiger partial charge in [0.15, 0.2) is 0 Å². The first kappa shape index (κ1) is 16.4. The molecule has 4 heteroatoms. The van der Waals surface area contributed by atoms with Gasteiger partial charge in [-0.05, 0) is 51.5 Å². The summed E-state index contributed by atoms with van der Waals surface area (Å²) < 4.78 is 0. The predicted octanol–water partition coefficient (Wildman–Crippen LogP) is 1.11. The van der Waals surface area contributed by atoms with Crippen LogP contribution in [0.2, 0.25) is 0 Å². The van der Waals surface area contributed by atoms with Crippen LogP contribution in [0, 0.1) is 5.92 Å².